The van der Waals surface area contributed by atoms with E-state index in [1.165, 1.54) is 0 Å². The molecule has 7 rings (SSSR count). The third kappa shape index (κ3) is 6.23. The van der Waals surface area contributed by atoms with Crippen LogP contribution >= 0.6 is 11.6 Å². The Morgan fingerprint density at radius 3 is 2.16 bits per heavy atom. The van der Waals surface area contributed by atoms with Crippen LogP contribution in [0, 0.1) is 17.7 Å². The Morgan fingerprint density at radius 1 is 1.00 bits per heavy atom. The van der Waals surface area contributed by atoms with Crippen molar-refractivity contribution in [1.29, 1.82) is 0 Å². The van der Waals surface area contributed by atoms with E-state index in [2.05, 4.69) is 5.16 Å². The number of carbonyl (C=O) groups excluding carboxylic acids is 3. The summed E-state index contributed by atoms with van der Waals surface area (Å²) >= 11 is 6.74. The van der Waals surface area contributed by atoms with E-state index < -0.39 is 71.3 Å². The molecule has 0 amide bonds. The Balaban J connectivity index is 1.43. The van der Waals surface area contributed by atoms with Gasteiger partial charge in [-0.2, -0.15) is 0 Å². The van der Waals surface area contributed by atoms with Crippen molar-refractivity contribution >= 4 is 43.5 Å². The number of hydrogen-bond acceptors (Lipinski definition) is 10. The molecule has 1 aromatic heterocycles. The number of ether oxygens (including phenoxy) is 2. The number of fused-ring (bicyclic) bond motifs is 4. The zero-order valence-electron chi connectivity index (χ0n) is 31.9. The molecule has 13 heteroatoms. The number of ketones is 2. The minimum Gasteiger partial charge on any atom is -0.507 e. The van der Waals surface area contributed by atoms with E-state index in [1.54, 1.807) is 24.3 Å². The molecule has 1 fully saturated rings. The minimum absolute atomic E-state index is 0.00397. The molecule has 288 valence electrons. The van der Waals surface area contributed by atoms with Crippen LogP contribution in [-0.4, -0.2) is 61.0 Å². The summed E-state index contributed by atoms with van der Waals surface area (Å²) in [6.07, 6.45) is 0.536. The third-order valence-electron chi connectivity index (χ3n) is 11.7. The fourth-order valence-electron chi connectivity index (χ4n) is 7.99. The number of aliphatic hydroxyl groups excluding tert-OH is 1. The molecule has 0 saturated heterocycles. The number of Topliss-reactive ketones (excluding diaryl/α,β-unsaturated/α-hetero) is 2. The number of aliphatic hydroxyl groups is 1. The molecule has 3 aliphatic rings. The second-order valence-corrected chi connectivity index (χ2v) is 21.4. The summed E-state index contributed by atoms with van der Waals surface area (Å²) in [6.45, 7) is 9.93. The first-order valence-electron chi connectivity index (χ1n) is 18.2. The van der Waals surface area contributed by atoms with Crippen LogP contribution in [0.1, 0.15) is 82.0 Å². The molecule has 10 nitrogen and oxygen atoms in total. The molecule has 1 saturated carbocycles. The van der Waals surface area contributed by atoms with E-state index in [9.17, 15) is 9.90 Å². The topological polar surface area (TPSA) is 128 Å². The molecule has 0 radical (unpaired) electrons. The van der Waals surface area contributed by atoms with Crippen LogP contribution in [-0.2, 0) is 28.9 Å². The van der Waals surface area contributed by atoms with Crippen molar-refractivity contribution in [3.05, 3.63) is 116 Å². The second-order valence-electron chi connectivity index (χ2n) is 16.3. The van der Waals surface area contributed by atoms with Crippen LogP contribution in [0.25, 0.3) is 5.76 Å². The standard InChI is InChI=1S/C42H44ClFN2O8Si/c1-41(2,3)55(6,7)54-42-28(34(46(4)5)37-31(39(42)50)40(45-53-37)52-22-24-16-12-9-13-17-24)19-25-18-26-30(35(48)29(25)38(42)49)36(33(44)27(20-47)32(26)43)51-21-23-14-10-8-11-15-23/h8-17,20,25,28,34,48H,18-19,21-22H2,1-7H3/t25-,28-,34-,42-/m0/s1. The normalized spacial score (nSPS) is 22.2. The van der Waals surface area contributed by atoms with E-state index in [0.717, 1.165) is 5.56 Å². The van der Waals surface area contributed by atoms with Crippen molar-refractivity contribution in [2.75, 3.05) is 14.1 Å². The van der Waals surface area contributed by atoms with Gasteiger partial charge in [-0.25, -0.2) is 4.39 Å². The Hall–Kier alpha value is -4.62. The molecule has 55 heavy (non-hydrogen) atoms. The summed E-state index contributed by atoms with van der Waals surface area (Å²) in [6, 6.07) is 17.7. The quantitative estimate of drug-likeness (QED) is 0.0947. The fraction of sp³-hybridized carbons (Fsp3) is 0.381. The first-order valence-corrected chi connectivity index (χ1v) is 21.5. The summed E-state index contributed by atoms with van der Waals surface area (Å²) in [5.41, 5.74) is -0.962. The summed E-state index contributed by atoms with van der Waals surface area (Å²) in [5, 5.41) is 15.9. The number of aldehydes is 1. The highest BCUT2D eigenvalue weighted by Gasteiger charge is 2.69. The van der Waals surface area contributed by atoms with Crippen molar-refractivity contribution in [1.82, 2.24) is 10.1 Å². The van der Waals surface area contributed by atoms with Crippen molar-refractivity contribution in [2.45, 2.75) is 76.6 Å². The summed E-state index contributed by atoms with van der Waals surface area (Å²) in [5.74, 6) is -4.79. The summed E-state index contributed by atoms with van der Waals surface area (Å²) in [4.78, 5) is 45.2. The van der Waals surface area contributed by atoms with Gasteiger partial charge in [-0.05, 0) is 72.8 Å². The largest absolute Gasteiger partial charge is 0.507 e. The lowest BCUT2D eigenvalue weighted by molar-refractivity contribution is -0.140. The van der Waals surface area contributed by atoms with E-state index in [4.69, 9.17) is 30.0 Å². The van der Waals surface area contributed by atoms with Crippen molar-refractivity contribution in [3.63, 3.8) is 0 Å². The number of nitrogens with zero attached hydrogens (tertiary/aromatic N) is 2. The zero-order chi connectivity index (χ0) is 39.6. The maximum atomic E-state index is 16.2. The molecule has 3 aromatic carbocycles. The second kappa shape index (κ2) is 14.1. The molecule has 1 N–H and O–H groups in total. The van der Waals surface area contributed by atoms with Crippen molar-refractivity contribution in [3.8, 4) is 11.6 Å². The molecular weight excluding hydrogens is 743 g/mol. The van der Waals surface area contributed by atoms with E-state index >= 15 is 14.0 Å². The molecule has 0 bridgehead atoms. The third-order valence-corrected chi connectivity index (χ3v) is 16.6. The van der Waals surface area contributed by atoms with E-state index in [-0.39, 0.29) is 65.0 Å². The fourth-order valence-corrected chi connectivity index (χ4v) is 9.74. The average Bonchev–Trinajstić information content (AvgIpc) is 3.56. The van der Waals surface area contributed by atoms with E-state index in [1.807, 2.05) is 89.3 Å². The Morgan fingerprint density at radius 2 is 1.60 bits per heavy atom. The maximum absolute atomic E-state index is 16.2. The molecule has 1 heterocycles. The van der Waals surface area contributed by atoms with E-state index in [0.29, 0.717) is 11.8 Å². The number of benzene rings is 3. The molecule has 0 unspecified atom stereocenters. The first-order chi connectivity index (χ1) is 26.0. The van der Waals surface area contributed by atoms with Gasteiger partial charge in [0.05, 0.1) is 22.2 Å². The molecule has 4 atom stereocenters. The van der Waals surface area contributed by atoms with Gasteiger partial charge >= 0.3 is 0 Å². The van der Waals surface area contributed by atoms with Crippen molar-refractivity contribution < 1.29 is 42.3 Å². The molecule has 3 aliphatic carbocycles. The van der Waals surface area contributed by atoms with Gasteiger partial charge in [-0.3, -0.25) is 19.3 Å². The lowest BCUT2D eigenvalue weighted by atomic mass is 9.57. The van der Waals surface area contributed by atoms with Gasteiger partial charge in [0, 0.05) is 11.5 Å². The van der Waals surface area contributed by atoms with Crippen molar-refractivity contribution in [2.24, 2.45) is 11.8 Å². The van der Waals surface area contributed by atoms with Crippen LogP contribution in [0.2, 0.25) is 23.2 Å². The summed E-state index contributed by atoms with van der Waals surface area (Å²) < 4.78 is 41.4. The smallest absolute Gasteiger partial charge is 0.265 e. The van der Waals surface area contributed by atoms with Crippen LogP contribution < -0.4 is 9.47 Å². The molecular formula is C42H44ClFN2O8Si. The Labute approximate surface area is 325 Å². The Bertz CT molecular complexity index is 2220. The minimum atomic E-state index is -2.99. The lowest BCUT2D eigenvalue weighted by Gasteiger charge is -2.55. The number of carbonyl (C=O) groups is 3. The number of rotatable bonds is 10. The highest BCUT2D eigenvalue weighted by Crippen LogP contribution is 2.59. The maximum Gasteiger partial charge on any atom is 0.265 e. The molecule has 0 spiro atoms. The lowest BCUT2D eigenvalue weighted by Crippen LogP contribution is -2.68. The summed E-state index contributed by atoms with van der Waals surface area (Å²) in [7, 11) is 0.658. The first kappa shape index (κ1) is 38.6. The highest BCUT2D eigenvalue weighted by atomic mass is 35.5. The number of aromatic nitrogens is 1. The highest BCUT2D eigenvalue weighted by molar-refractivity contribution is 6.74. The molecule has 0 aliphatic heterocycles. The Kier molecular flexibility index (Phi) is 9.94. The number of hydrogen-bond donors (Lipinski definition) is 1. The van der Waals surface area contributed by atoms with Crippen LogP contribution in [0.4, 0.5) is 4.39 Å². The predicted octanol–water partition coefficient (Wildman–Crippen LogP) is 8.73. The molecule has 4 aromatic rings. The average molecular weight is 787 g/mol. The van der Waals surface area contributed by atoms with Crippen LogP contribution in [0.15, 0.2) is 70.8 Å². The monoisotopic (exact) mass is 786 g/mol. The van der Waals surface area contributed by atoms with Gasteiger partial charge in [-0.15, -0.1) is 0 Å². The van der Waals surface area contributed by atoms with Crippen LogP contribution in [0.3, 0.4) is 0 Å². The predicted molar refractivity (Wildman–Crippen MR) is 206 cm³/mol. The SMILES string of the molecule is CN(C)[C@@H]1c2onc(OCc3ccccc3)c2C(=O)[C@@]2(O[Si](C)(C)C(C)(C)C)C(=O)C3=C(O)c4c(c(Cl)c(C=O)c(F)c4OCc4ccccc4)C[C@H]3C[C@@H]12. The van der Waals surface area contributed by atoms with Gasteiger partial charge in [-0.1, -0.05) is 93.0 Å². The zero-order valence-corrected chi connectivity index (χ0v) is 33.6. The van der Waals surface area contributed by atoms with Gasteiger partial charge in [0.1, 0.15) is 24.5 Å². The van der Waals surface area contributed by atoms with Gasteiger partial charge in [0.2, 0.25) is 11.6 Å². The van der Waals surface area contributed by atoms with Gasteiger partial charge in [0.25, 0.3) is 5.88 Å². The van der Waals surface area contributed by atoms with Crippen LogP contribution in [0.5, 0.6) is 11.6 Å². The number of halogens is 2. The van der Waals surface area contributed by atoms with Gasteiger partial charge < -0.3 is 23.5 Å². The van der Waals surface area contributed by atoms with Gasteiger partial charge in [0.15, 0.2) is 37.5 Å².